The van der Waals surface area contributed by atoms with E-state index >= 15 is 0 Å². The first-order chi connectivity index (χ1) is 5.89. The van der Waals surface area contributed by atoms with Crippen molar-refractivity contribution in [3.63, 3.8) is 0 Å². The summed E-state index contributed by atoms with van der Waals surface area (Å²) in [6.45, 7) is 3.76. The average Bonchev–Trinajstić information content (AvgIpc) is 2.01. The Hall–Kier alpha value is -0.250. The first kappa shape index (κ1) is 12.8. The van der Waals surface area contributed by atoms with E-state index in [9.17, 15) is 13.2 Å². The molecule has 0 heterocycles. The second-order valence-electron chi connectivity index (χ2n) is 3.41. The van der Waals surface area contributed by atoms with E-state index in [0.717, 1.165) is 19.3 Å². The lowest BCUT2D eigenvalue weighted by molar-refractivity contribution is -0.175. The predicted molar refractivity (Wildman–Crippen MR) is 47.7 cm³/mol. The van der Waals surface area contributed by atoms with Crippen molar-refractivity contribution in [3.8, 4) is 0 Å². The molecule has 4 heteroatoms. The quantitative estimate of drug-likeness (QED) is 0.612. The summed E-state index contributed by atoms with van der Waals surface area (Å²) in [4.78, 5) is 1.36. The third kappa shape index (κ3) is 5.13. The minimum Gasteiger partial charge on any atom is -0.296 e. The Balaban J connectivity index is 3.76. The average molecular weight is 197 g/mol. The van der Waals surface area contributed by atoms with E-state index in [1.54, 1.807) is 0 Å². The molecule has 0 aromatic rings. The second kappa shape index (κ2) is 5.47. The molecule has 0 N–H and O–H groups in total. The van der Waals surface area contributed by atoms with Crippen LogP contribution >= 0.6 is 0 Å². The van der Waals surface area contributed by atoms with E-state index < -0.39 is 12.2 Å². The summed E-state index contributed by atoms with van der Waals surface area (Å²) < 4.78 is 36.5. The van der Waals surface area contributed by atoms with E-state index in [2.05, 4.69) is 0 Å². The summed E-state index contributed by atoms with van der Waals surface area (Å²) in [6, 6.07) is -1.33. The summed E-state index contributed by atoms with van der Waals surface area (Å²) in [6.07, 6.45) is -1.22. The van der Waals surface area contributed by atoms with Crippen LogP contribution in [0.4, 0.5) is 13.2 Å². The second-order valence-corrected chi connectivity index (χ2v) is 3.41. The van der Waals surface area contributed by atoms with Gasteiger partial charge in [0.05, 0.1) is 0 Å². The number of unbranched alkanes of at least 4 members (excludes halogenated alkanes) is 2. The van der Waals surface area contributed by atoms with Crippen molar-refractivity contribution in [3.05, 3.63) is 0 Å². The molecule has 0 aliphatic rings. The fourth-order valence-electron chi connectivity index (χ4n) is 1.05. The molecule has 80 valence electrons. The summed E-state index contributed by atoms with van der Waals surface area (Å²) in [5.74, 6) is 0. The van der Waals surface area contributed by atoms with Crippen molar-refractivity contribution in [2.45, 2.75) is 45.3 Å². The van der Waals surface area contributed by atoms with Crippen molar-refractivity contribution < 1.29 is 13.2 Å². The fourth-order valence-corrected chi connectivity index (χ4v) is 1.05. The van der Waals surface area contributed by atoms with Crippen molar-refractivity contribution in [1.82, 2.24) is 4.90 Å². The molecule has 0 spiro atoms. The van der Waals surface area contributed by atoms with Crippen LogP contribution in [0, 0.1) is 0 Å². The van der Waals surface area contributed by atoms with E-state index in [0.29, 0.717) is 6.54 Å². The largest absolute Gasteiger partial charge is 0.403 e. The molecule has 1 atom stereocenters. The van der Waals surface area contributed by atoms with Crippen LogP contribution in [-0.2, 0) is 0 Å². The Morgan fingerprint density at radius 2 is 1.77 bits per heavy atom. The first-order valence-corrected chi connectivity index (χ1v) is 4.66. The van der Waals surface area contributed by atoms with Gasteiger partial charge >= 0.3 is 6.18 Å². The normalized spacial score (nSPS) is 15.0. The van der Waals surface area contributed by atoms with Crippen molar-refractivity contribution in [1.29, 1.82) is 0 Å². The highest BCUT2D eigenvalue weighted by atomic mass is 19.4. The Morgan fingerprint density at radius 1 is 1.23 bits per heavy atom. The van der Waals surface area contributed by atoms with E-state index in [1.807, 2.05) is 6.92 Å². The molecule has 0 amide bonds. The number of rotatable bonds is 5. The van der Waals surface area contributed by atoms with E-state index in [-0.39, 0.29) is 0 Å². The van der Waals surface area contributed by atoms with Gasteiger partial charge in [0.1, 0.15) is 6.04 Å². The molecule has 0 rings (SSSR count). The van der Waals surface area contributed by atoms with Crippen LogP contribution < -0.4 is 0 Å². The van der Waals surface area contributed by atoms with Crippen LogP contribution in [0.3, 0.4) is 0 Å². The number of hydrogen-bond donors (Lipinski definition) is 0. The zero-order valence-electron chi connectivity index (χ0n) is 8.49. The van der Waals surface area contributed by atoms with Gasteiger partial charge in [-0.05, 0) is 26.9 Å². The van der Waals surface area contributed by atoms with Crippen molar-refractivity contribution in [2.75, 3.05) is 13.6 Å². The monoisotopic (exact) mass is 197 g/mol. The minimum absolute atomic E-state index is 0.522. The van der Waals surface area contributed by atoms with Crippen LogP contribution in [0.25, 0.3) is 0 Å². The van der Waals surface area contributed by atoms with Crippen molar-refractivity contribution >= 4 is 0 Å². The van der Waals surface area contributed by atoms with Gasteiger partial charge in [0.15, 0.2) is 0 Å². The summed E-state index contributed by atoms with van der Waals surface area (Å²) in [7, 11) is 1.52. The van der Waals surface area contributed by atoms with Gasteiger partial charge in [-0.2, -0.15) is 13.2 Å². The molecular formula is C9H18F3N. The van der Waals surface area contributed by atoms with Gasteiger partial charge in [-0.3, -0.25) is 4.90 Å². The minimum atomic E-state index is -4.10. The van der Waals surface area contributed by atoms with Crippen LogP contribution in [0.5, 0.6) is 0 Å². The van der Waals surface area contributed by atoms with Gasteiger partial charge < -0.3 is 0 Å². The molecule has 1 nitrogen and oxygen atoms in total. The molecule has 13 heavy (non-hydrogen) atoms. The summed E-state index contributed by atoms with van der Waals surface area (Å²) in [5.41, 5.74) is 0. The van der Waals surface area contributed by atoms with Crippen LogP contribution in [0.1, 0.15) is 33.1 Å². The number of nitrogens with zero attached hydrogens (tertiary/aromatic N) is 1. The SMILES string of the molecule is CCCCCN(C)[C@@H](C)C(F)(F)F. The van der Waals surface area contributed by atoms with Gasteiger partial charge in [0, 0.05) is 0 Å². The van der Waals surface area contributed by atoms with Gasteiger partial charge in [0.2, 0.25) is 0 Å². The molecule has 0 unspecified atom stereocenters. The summed E-state index contributed by atoms with van der Waals surface area (Å²) in [5, 5.41) is 0. The maximum absolute atomic E-state index is 12.2. The van der Waals surface area contributed by atoms with Gasteiger partial charge in [0.25, 0.3) is 0 Å². The molecular weight excluding hydrogens is 179 g/mol. The van der Waals surface area contributed by atoms with Gasteiger partial charge in [-0.1, -0.05) is 19.8 Å². The van der Waals surface area contributed by atoms with Crippen LogP contribution in [-0.4, -0.2) is 30.7 Å². The molecule has 0 aliphatic heterocycles. The lowest BCUT2D eigenvalue weighted by Gasteiger charge is -2.26. The fraction of sp³-hybridized carbons (Fsp3) is 1.00. The molecule has 0 aromatic carbocycles. The third-order valence-electron chi connectivity index (χ3n) is 2.25. The third-order valence-corrected chi connectivity index (χ3v) is 2.25. The van der Waals surface area contributed by atoms with Crippen LogP contribution in [0.15, 0.2) is 0 Å². The van der Waals surface area contributed by atoms with Gasteiger partial charge in [-0.25, -0.2) is 0 Å². The standard InChI is InChI=1S/C9H18F3N/c1-4-5-6-7-13(3)8(2)9(10,11)12/h8H,4-7H2,1-3H3/t8-/m0/s1. The Bertz CT molecular complexity index is 133. The lowest BCUT2D eigenvalue weighted by atomic mass is 10.2. The van der Waals surface area contributed by atoms with E-state index in [1.165, 1.54) is 18.9 Å². The maximum atomic E-state index is 12.2. The topological polar surface area (TPSA) is 3.24 Å². The molecule has 0 fully saturated rings. The van der Waals surface area contributed by atoms with Crippen LogP contribution in [0.2, 0.25) is 0 Å². The number of hydrogen-bond acceptors (Lipinski definition) is 1. The van der Waals surface area contributed by atoms with E-state index in [4.69, 9.17) is 0 Å². The first-order valence-electron chi connectivity index (χ1n) is 4.66. The molecule has 0 aromatic heterocycles. The molecule has 0 radical (unpaired) electrons. The zero-order chi connectivity index (χ0) is 10.5. The summed E-state index contributed by atoms with van der Waals surface area (Å²) >= 11 is 0. The Kier molecular flexibility index (Phi) is 5.37. The Morgan fingerprint density at radius 3 is 2.15 bits per heavy atom. The number of alkyl halides is 3. The highest BCUT2D eigenvalue weighted by Gasteiger charge is 2.38. The molecule has 0 bridgehead atoms. The zero-order valence-corrected chi connectivity index (χ0v) is 8.49. The highest BCUT2D eigenvalue weighted by molar-refractivity contribution is 4.71. The van der Waals surface area contributed by atoms with Crippen molar-refractivity contribution in [2.24, 2.45) is 0 Å². The predicted octanol–water partition coefficient (Wildman–Crippen LogP) is 3.06. The highest BCUT2D eigenvalue weighted by Crippen LogP contribution is 2.23. The molecule has 0 saturated heterocycles. The molecule has 0 saturated carbocycles. The smallest absolute Gasteiger partial charge is 0.296 e. The lowest BCUT2D eigenvalue weighted by Crippen LogP contribution is -2.41. The number of halogens is 3. The maximum Gasteiger partial charge on any atom is 0.403 e. The molecule has 0 aliphatic carbocycles. The van der Waals surface area contributed by atoms with Gasteiger partial charge in [-0.15, -0.1) is 0 Å². The Labute approximate surface area is 77.9 Å².